The molecule has 2 unspecified atom stereocenters. The number of aliphatic hydroxyl groups is 1. The molecule has 3 heteroatoms. The van der Waals surface area contributed by atoms with E-state index in [0.717, 1.165) is 0 Å². The van der Waals surface area contributed by atoms with Crippen LogP contribution in [0.2, 0.25) is 0 Å². The Morgan fingerprint density at radius 3 is 2.13 bits per heavy atom. The molecule has 3 nitrogen and oxygen atoms in total. The first-order chi connectivity index (χ1) is 6.52. The van der Waals surface area contributed by atoms with Gasteiger partial charge in [-0.15, -0.1) is 0 Å². The second-order valence-electron chi connectivity index (χ2n) is 6.41. The maximum absolute atomic E-state index is 10.4. The largest absolute Gasteiger partial charge is 0.387 e. The van der Waals surface area contributed by atoms with Crippen molar-refractivity contribution in [1.82, 2.24) is 0 Å². The highest BCUT2D eigenvalue weighted by atomic mass is 16.7. The van der Waals surface area contributed by atoms with Crippen molar-refractivity contribution < 1.29 is 14.6 Å². The van der Waals surface area contributed by atoms with Crippen molar-refractivity contribution in [3.8, 4) is 0 Å². The Morgan fingerprint density at radius 1 is 1.27 bits per heavy atom. The summed E-state index contributed by atoms with van der Waals surface area (Å²) in [5, 5.41) is 10.4. The predicted octanol–water partition coefficient (Wildman–Crippen LogP) is 2.33. The van der Waals surface area contributed by atoms with Crippen LogP contribution in [0.25, 0.3) is 0 Å². The Morgan fingerprint density at radius 2 is 1.80 bits per heavy atom. The van der Waals surface area contributed by atoms with Gasteiger partial charge in [-0.05, 0) is 32.6 Å². The molecule has 0 spiro atoms. The fraction of sp³-hybridized carbons (Fsp3) is 1.00. The molecule has 0 aromatic carbocycles. The third-order valence-corrected chi connectivity index (χ3v) is 2.59. The molecule has 0 aromatic heterocycles. The van der Waals surface area contributed by atoms with Crippen LogP contribution in [-0.2, 0) is 9.47 Å². The molecule has 0 aromatic rings. The van der Waals surface area contributed by atoms with Gasteiger partial charge in [-0.25, -0.2) is 0 Å². The smallest absolute Gasteiger partial charge is 0.163 e. The van der Waals surface area contributed by atoms with Gasteiger partial charge >= 0.3 is 0 Å². The zero-order valence-corrected chi connectivity index (χ0v) is 10.8. The first kappa shape index (κ1) is 12.9. The van der Waals surface area contributed by atoms with E-state index in [-0.39, 0.29) is 11.5 Å². The van der Waals surface area contributed by atoms with Crippen molar-refractivity contribution >= 4 is 0 Å². The Balaban J connectivity index is 2.63. The second-order valence-corrected chi connectivity index (χ2v) is 6.41. The van der Waals surface area contributed by atoms with Crippen LogP contribution in [-0.4, -0.2) is 29.2 Å². The summed E-state index contributed by atoms with van der Waals surface area (Å²) in [5.74, 6) is -0.563. The predicted molar refractivity (Wildman–Crippen MR) is 59.6 cm³/mol. The molecule has 15 heavy (non-hydrogen) atoms. The maximum Gasteiger partial charge on any atom is 0.163 e. The summed E-state index contributed by atoms with van der Waals surface area (Å²) in [7, 11) is 0. The number of hydrogen-bond acceptors (Lipinski definition) is 3. The molecule has 0 radical (unpaired) electrons. The maximum atomic E-state index is 10.4. The minimum atomic E-state index is -0.827. The van der Waals surface area contributed by atoms with Gasteiger partial charge in [0.2, 0.25) is 0 Å². The van der Waals surface area contributed by atoms with E-state index in [1.54, 1.807) is 0 Å². The third kappa shape index (κ3) is 3.74. The normalized spacial score (nSPS) is 30.2. The molecule has 1 N–H and O–H groups in total. The summed E-state index contributed by atoms with van der Waals surface area (Å²) < 4.78 is 11.2. The number of hydrogen-bond donors (Lipinski definition) is 1. The monoisotopic (exact) mass is 216 g/mol. The van der Waals surface area contributed by atoms with Crippen LogP contribution >= 0.6 is 0 Å². The van der Waals surface area contributed by atoms with Gasteiger partial charge in [-0.3, -0.25) is 0 Å². The van der Waals surface area contributed by atoms with E-state index in [2.05, 4.69) is 20.8 Å². The summed E-state index contributed by atoms with van der Waals surface area (Å²) in [6.45, 7) is 12.4. The third-order valence-electron chi connectivity index (χ3n) is 2.59. The van der Waals surface area contributed by atoms with Crippen molar-refractivity contribution in [1.29, 1.82) is 0 Å². The Labute approximate surface area is 92.8 Å². The summed E-state index contributed by atoms with van der Waals surface area (Å²) in [5.41, 5.74) is -0.744. The summed E-state index contributed by atoms with van der Waals surface area (Å²) in [4.78, 5) is 0. The quantitative estimate of drug-likeness (QED) is 0.770. The zero-order chi connectivity index (χ0) is 11.9. The van der Waals surface area contributed by atoms with E-state index >= 15 is 0 Å². The van der Waals surface area contributed by atoms with Crippen molar-refractivity contribution in [3.63, 3.8) is 0 Å². The SMILES string of the molecule is CC(C)(C)CC(C)(O)C1COC(C)(C)O1. The molecule has 1 rings (SSSR count). The van der Waals surface area contributed by atoms with Gasteiger partial charge in [0.15, 0.2) is 5.79 Å². The van der Waals surface area contributed by atoms with Crippen molar-refractivity contribution in [2.45, 2.75) is 65.5 Å². The van der Waals surface area contributed by atoms with Gasteiger partial charge in [0.25, 0.3) is 0 Å². The lowest BCUT2D eigenvalue weighted by Gasteiger charge is -2.35. The molecule has 0 bridgehead atoms. The van der Waals surface area contributed by atoms with Crippen LogP contribution in [0, 0.1) is 5.41 Å². The van der Waals surface area contributed by atoms with Crippen LogP contribution in [0.3, 0.4) is 0 Å². The van der Waals surface area contributed by atoms with Crippen LogP contribution in [0.5, 0.6) is 0 Å². The van der Waals surface area contributed by atoms with Gasteiger partial charge in [0.1, 0.15) is 6.10 Å². The first-order valence-electron chi connectivity index (χ1n) is 5.56. The van der Waals surface area contributed by atoms with Gasteiger partial charge in [-0.2, -0.15) is 0 Å². The van der Waals surface area contributed by atoms with E-state index < -0.39 is 11.4 Å². The molecule has 0 aliphatic carbocycles. The summed E-state index contributed by atoms with van der Waals surface area (Å²) in [6.07, 6.45) is 0.469. The number of ether oxygens (including phenoxy) is 2. The molecule has 0 saturated carbocycles. The first-order valence-corrected chi connectivity index (χ1v) is 5.56. The average Bonchev–Trinajstić information content (AvgIpc) is 2.25. The highest BCUT2D eigenvalue weighted by Gasteiger charge is 2.44. The van der Waals surface area contributed by atoms with E-state index in [4.69, 9.17) is 9.47 Å². The van der Waals surface area contributed by atoms with E-state index in [0.29, 0.717) is 13.0 Å². The topological polar surface area (TPSA) is 38.7 Å². The van der Waals surface area contributed by atoms with Crippen molar-refractivity contribution in [3.05, 3.63) is 0 Å². The molecule has 1 heterocycles. The summed E-state index contributed by atoms with van der Waals surface area (Å²) >= 11 is 0. The Hall–Kier alpha value is -0.120. The van der Waals surface area contributed by atoms with Gasteiger partial charge in [-0.1, -0.05) is 20.8 Å². The molecule has 1 aliphatic rings. The van der Waals surface area contributed by atoms with Crippen LogP contribution in [0.1, 0.15) is 48.0 Å². The molecular formula is C12H24O3. The lowest BCUT2D eigenvalue weighted by molar-refractivity contribution is -0.171. The zero-order valence-electron chi connectivity index (χ0n) is 10.8. The fourth-order valence-corrected chi connectivity index (χ4v) is 2.18. The van der Waals surface area contributed by atoms with E-state index in [9.17, 15) is 5.11 Å². The molecule has 1 aliphatic heterocycles. The summed E-state index contributed by atoms with van der Waals surface area (Å²) in [6, 6.07) is 0. The average molecular weight is 216 g/mol. The molecular weight excluding hydrogens is 192 g/mol. The highest BCUT2D eigenvalue weighted by Crippen LogP contribution is 2.35. The second kappa shape index (κ2) is 3.72. The van der Waals surface area contributed by atoms with Crippen molar-refractivity contribution in [2.24, 2.45) is 5.41 Å². The van der Waals surface area contributed by atoms with Crippen LogP contribution < -0.4 is 0 Å². The molecule has 1 fully saturated rings. The van der Waals surface area contributed by atoms with Crippen LogP contribution in [0.4, 0.5) is 0 Å². The Bertz CT molecular complexity index is 226. The molecule has 1 saturated heterocycles. The minimum absolute atomic E-state index is 0.0829. The fourth-order valence-electron chi connectivity index (χ4n) is 2.18. The van der Waals surface area contributed by atoms with Gasteiger partial charge in [0.05, 0.1) is 12.2 Å². The molecule has 0 amide bonds. The lowest BCUT2D eigenvalue weighted by atomic mass is 9.80. The minimum Gasteiger partial charge on any atom is -0.387 e. The standard InChI is InChI=1S/C12H24O3/c1-10(2,3)8-12(6,13)9-7-14-11(4,5)15-9/h9,13H,7-8H2,1-6H3. The number of rotatable bonds is 2. The molecule has 2 atom stereocenters. The van der Waals surface area contributed by atoms with Crippen molar-refractivity contribution in [2.75, 3.05) is 6.61 Å². The Kier molecular flexibility index (Phi) is 3.21. The van der Waals surface area contributed by atoms with E-state index in [1.165, 1.54) is 0 Å². The highest BCUT2D eigenvalue weighted by molar-refractivity contribution is 4.90. The lowest BCUT2D eigenvalue weighted by Crippen LogP contribution is -2.44. The van der Waals surface area contributed by atoms with Gasteiger partial charge < -0.3 is 14.6 Å². The van der Waals surface area contributed by atoms with Crippen LogP contribution in [0.15, 0.2) is 0 Å². The molecule has 90 valence electrons. The van der Waals surface area contributed by atoms with Gasteiger partial charge in [0, 0.05) is 0 Å². The van der Waals surface area contributed by atoms with E-state index in [1.807, 2.05) is 20.8 Å².